The fourth-order valence-electron chi connectivity index (χ4n) is 3.35. The smallest absolute Gasteiger partial charge is 0.340 e. The zero-order chi connectivity index (χ0) is 20.4. The Morgan fingerprint density at radius 2 is 2.25 bits per heavy atom. The van der Waals surface area contributed by atoms with Gasteiger partial charge >= 0.3 is 5.97 Å². The first-order valence-electron chi connectivity index (χ1n) is 8.72. The third-order valence-corrected chi connectivity index (χ3v) is 5.15. The molecule has 0 saturated carbocycles. The number of amides is 1. The van der Waals surface area contributed by atoms with E-state index in [0.29, 0.717) is 18.8 Å². The molecular weight excluding hydrogens is 388 g/mol. The fraction of sp³-hybridized carbons (Fsp3) is 0.368. The first-order valence-corrected chi connectivity index (χ1v) is 9.10. The molecule has 1 saturated heterocycles. The van der Waals surface area contributed by atoms with Gasteiger partial charge in [-0.25, -0.2) is 4.79 Å². The number of non-ortho nitro benzene ring substituents is 1. The molecule has 8 nitrogen and oxygen atoms in total. The summed E-state index contributed by atoms with van der Waals surface area (Å²) in [4.78, 5) is 37.4. The number of allylic oxidation sites excluding steroid dienone is 1. The van der Waals surface area contributed by atoms with Crippen molar-refractivity contribution in [3.05, 3.63) is 55.7 Å². The number of carbonyl (C=O) groups is 2. The van der Waals surface area contributed by atoms with Crippen LogP contribution in [0, 0.1) is 10.1 Å². The van der Waals surface area contributed by atoms with E-state index in [-0.39, 0.29) is 33.5 Å². The molecule has 2 heterocycles. The van der Waals surface area contributed by atoms with E-state index in [1.165, 1.54) is 36.3 Å². The molecule has 1 aromatic carbocycles. The minimum absolute atomic E-state index is 0.0877. The molecule has 1 amide bonds. The van der Waals surface area contributed by atoms with Crippen molar-refractivity contribution >= 4 is 35.2 Å². The van der Waals surface area contributed by atoms with Gasteiger partial charge in [-0.05, 0) is 31.9 Å². The molecule has 2 aliphatic heterocycles. The Labute approximate surface area is 166 Å². The van der Waals surface area contributed by atoms with Crippen LogP contribution in [0.4, 0.5) is 5.69 Å². The van der Waals surface area contributed by atoms with Crippen molar-refractivity contribution in [2.45, 2.75) is 25.9 Å². The molecule has 0 aliphatic carbocycles. The average molecular weight is 407 g/mol. The Bertz CT molecular complexity index is 902. The van der Waals surface area contributed by atoms with Crippen molar-refractivity contribution in [2.24, 2.45) is 0 Å². The highest BCUT2D eigenvalue weighted by molar-refractivity contribution is 6.32. The lowest BCUT2D eigenvalue weighted by Crippen LogP contribution is -2.33. The molecule has 1 aromatic rings. The SMILES string of the molecule is COC(=O)C1=C(C)N(C[C@H]2CCCO2)C(=O)/C1=C\c1cc([N+](=O)[O-])ccc1Cl. The molecule has 9 heteroatoms. The van der Waals surface area contributed by atoms with Gasteiger partial charge in [-0.2, -0.15) is 0 Å². The number of nitro benzene ring substituents is 1. The largest absolute Gasteiger partial charge is 0.465 e. The number of nitro groups is 1. The van der Waals surface area contributed by atoms with Crippen molar-refractivity contribution in [1.29, 1.82) is 0 Å². The Morgan fingerprint density at radius 3 is 2.86 bits per heavy atom. The average Bonchev–Trinajstić information content (AvgIpc) is 3.26. The molecule has 148 valence electrons. The summed E-state index contributed by atoms with van der Waals surface area (Å²) < 4.78 is 10.4. The maximum atomic E-state index is 13.0. The van der Waals surface area contributed by atoms with Crippen molar-refractivity contribution in [3.8, 4) is 0 Å². The highest BCUT2D eigenvalue weighted by Gasteiger charge is 2.38. The molecular formula is C19H19ClN2O6. The van der Waals surface area contributed by atoms with E-state index in [2.05, 4.69) is 0 Å². The van der Waals surface area contributed by atoms with Gasteiger partial charge in [0.15, 0.2) is 0 Å². The Balaban J connectivity index is 2.04. The van der Waals surface area contributed by atoms with Gasteiger partial charge in [0, 0.05) is 35.0 Å². The van der Waals surface area contributed by atoms with Crippen LogP contribution in [0.15, 0.2) is 35.0 Å². The third kappa shape index (κ3) is 3.79. The van der Waals surface area contributed by atoms with Crippen LogP contribution in [0.25, 0.3) is 6.08 Å². The van der Waals surface area contributed by atoms with Crippen molar-refractivity contribution < 1.29 is 24.0 Å². The number of ether oxygens (including phenoxy) is 2. The van der Waals surface area contributed by atoms with Gasteiger partial charge in [-0.3, -0.25) is 14.9 Å². The van der Waals surface area contributed by atoms with Crippen LogP contribution in [-0.2, 0) is 19.1 Å². The van der Waals surface area contributed by atoms with E-state index < -0.39 is 16.8 Å². The fourth-order valence-corrected chi connectivity index (χ4v) is 3.52. The maximum absolute atomic E-state index is 13.0. The van der Waals surface area contributed by atoms with Crippen molar-refractivity contribution in [2.75, 3.05) is 20.3 Å². The number of hydrogen-bond donors (Lipinski definition) is 0. The quantitative estimate of drug-likeness (QED) is 0.322. The molecule has 2 aliphatic rings. The Morgan fingerprint density at radius 1 is 1.50 bits per heavy atom. The number of hydrogen-bond acceptors (Lipinski definition) is 6. The molecule has 28 heavy (non-hydrogen) atoms. The number of esters is 1. The van der Waals surface area contributed by atoms with Crippen LogP contribution < -0.4 is 0 Å². The molecule has 1 atom stereocenters. The summed E-state index contributed by atoms with van der Waals surface area (Å²) in [7, 11) is 1.23. The molecule has 0 aromatic heterocycles. The van der Waals surface area contributed by atoms with Gasteiger partial charge < -0.3 is 14.4 Å². The minimum Gasteiger partial charge on any atom is -0.465 e. The van der Waals surface area contributed by atoms with Crippen molar-refractivity contribution in [3.63, 3.8) is 0 Å². The minimum atomic E-state index is -0.659. The lowest BCUT2D eigenvalue weighted by Gasteiger charge is -2.21. The molecule has 0 bridgehead atoms. The second-order valence-corrected chi connectivity index (χ2v) is 6.93. The highest BCUT2D eigenvalue weighted by Crippen LogP contribution is 2.34. The summed E-state index contributed by atoms with van der Waals surface area (Å²) >= 11 is 6.15. The zero-order valence-corrected chi connectivity index (χ0v) is 16.2. The van der Waals surface area contributed by atoms with Gasteiger partial charge in [-0.1, -0.05) is 11.6 Å². The third-order valence-electron chi connectivity index (χ3n) is 4.80. The first-order chi connectivity index (χ1) is 13.3. The van der Waals surface area contributed by atoms with Crippen molar-refractivity contribution in [1.82, 2.24) is 4.90 Å². The molecule has 0 N–H and O–H groups in total. The second kappa shape index (κ2) is 8.12. The Hall–Kier alpha value is -2.71. The second-order valence-electron chi connectivity index (χ2n) is 6.52. The predicted molar refractivity (Wildman–Crippen MR) is 101 cm³/mol. The molecule has 1 fully saturated rings. The number of benzene rings is 1. The number of methoxy groups -OCH3 is 1. The van der Waals surface area contributed by atoms with Crippen LogP contribution in [0.1, 0.15) is 25.3 Å². The summed E-state index contributed by atoms with van der Waals surface area (Å²) in [5.74, 6) is -1.05. The summed E-state index contributed by atoms with van der Waals surface area (Å²) in [6, 6.07) is 3.91. The van der Waals surface area contributed by atoms with Crippen LogP contribution >= 0.6 is 11.6 Å². The number of halogens is 1. The van der Waals surface area contributed by atoms with Crippen LogP contribution in [0.2, 0.25) is 5.02 Å². The standard InChI is InChI=1S/C19H19ClN2O6/c1-11-17(19(24)27-2)15(18(23)21(11)10-14-4-3-7-28-14)9-12-8-13(22(25)26)5-6-16(12)20/h5-6,8-9,14H,3-4,7,10H2,1-2H3/b15-9-/t14-/m1/s1. The van der Waals surface area contributed by atoms with E-state index in [1.807, 2.05) is 0 Å². The summed E-state index contributed by atoms with van der Waals surface area (Å²) in [5, 5.41) is 11.3. The lowest BCUT2D eigenvalue weighted by atomic mass is 10.0. The molecule has 3 rings (SSSR count). The number of rotatable bonds is 5. The van der Waals surface area contributed by atoms with E-state index in [1.54, 1.807) is 6.92 Å². The molecule has 0 radical (unpaired) electrons. The van der Waals surface area contributed by atoms with E-state index in [9.17, 15) is 19.7 Å². The topological polar surface area (TPSA) is 99.0 Å². The highest BCUT2D eigenvalue weighted by atomic mass is 35.5. The lowest BCUT2D eigenvalue weighted by molar-refractivity contribution is -0.384. The van der Waals surface area contributed by atoms with E-state index in [4.69, 9.17) is 21.1 Å². The van der Waals surface area contributed by atoms with Crippen LogP contribution in [-0.4, -0.2) is 48.1 Å². The molecule has 0 unspecified atom stereocenters. The zero-order valence-electron chi connectivity index (χ0n) is 15.4. The Kier molecular flexibility index (Phi) is 5.81. The van der Waals surface area contributed by atoms with Gasteiger partial charge in [0.25, 0.3) is 11.6 Å². The van der Waals surface area contributed by atoms with Gasteiger partial charge in [-0.15, -0.1) is 0 Å². The summed E-state index contributed by atoms with van der Waals surface area (Å²) in [6.45, 7) is 2.63. The van der Waals surface area contributed by atoms with Crippen LogP contribution in [0.3, 0.4) is 0 Å². The summed E-state index contributed by atoms with van der Waals surface area (Å²) in [6.07, 6.45) is 3.05. The van der Waals surface area contributed by atoms with E-state index in [0.717, 1.165) is 12.8 Å². The number of nitrogens with zero attached hydrogens (tertiary/aromatic N) is 2. The van der Waals surface area contributed by atoms with Crippen LogP contribution in [0.5, 0.6) is 0 Å². The molecule has 0 spiro atoms. The predicted octanol–water partition coefficient (Wildman–Crippen LogP) is 3.10. The van der Waals surface area contributed by atoms with Gasteiger partial charge in [0.1, 0.15) is 0 Å². The monoisotopic (exact) mass is 406 g/mol. The normalized spacial score (nSPS) is 21.0. The van der Waals surface area contributed by atoms with Gasteiger partial charge in [0.2, 0.25) is 0 Å². The number of carbonyl (C=O) groups excluding carboxylic acids is 2. The maximum Gasteiger partial charge on any atom is 0.340 e. The van der Waals surface area contributed by atoms with Gasteiger partial charge in [0.05, 0.1) is 35.8 Å². The summed E-state index contributed by atoms with van der Waals surface area (Å²) in [5.41, 5.74) is 0.767. The van der Waals surface area contributed by atoms with E-state index >= 15 is 0 Å². The first kappa shape index (κ1) is 20.0.